The average Bonchev–Trinajstić information content (AvgIpc) is 2.98. The topological polar surface area (TPSA) is 82.3 Å². The van der Waals surface area contributed by atoms with E-state index in [2.05, 4.69) is 4.72 Å². The lowest BCUT2D eigenvalue weighted by Gasteiger charge is -2.09. The van der Waals surface area contributed by atoms with Crippen LogP contribution in [-0.4, -0.2) is 17.8 Å². The van der Waals surface area contributed by atoms with Gasteiger partial charge in [-0.3, -0.25) is 14.2 Å². The van der Waals surface area contributed by atoms with Crippen LogP contribution in [0.4, 0.5) is 5.69 Å². The van der Waals surface area contributed by atoms with E-state index in [9.17, 15) is 13.2 Å². The van der Waals surface area contributed by atoms with E-state index in [4.69, 9.17) is 4.74 Å². The van der Waals surface area contributed by atoms with Crippen LogP contribution >= 0.6 is 0 Å². The minimum Gasteiger partial charge on any atom is -0.457 e. The zero-order valence-corrected chi connectivity index (χ0v) is 17.8. The molecule has 7 nitrogen and oxygen atoms in total. The Morgan fingerprint density at radius 1 is 0.806 bits per heavy atom. The van der Waals surface area contributed by atoms with E-state index < -0.39 is 15.6 Å². The van der Waals surface area contributed by atoms with Crippen LogP contribution in [0.3, 0.4) is 0 Å². The molecule has 0 aliphatic carbocycles. The van der Waals surface area contributed by atoms with Gasteiger partial charge in [0.1, 0.15) is 17.2 Å². The van der Waals surface area contributed by atoms with Crippen molar-refractivity contribution in [1.82, 2.24) is 9.36 Å². The summed E-state index contributed by atoms with van der Waals surface area (Å²) in [4.78, 5) is 13.0. The van der Waals surface area contributed by atoms with Crippen LogP contribution in [0.1, 0.15) is 5.69 Å². The van der Waals surface area contributed by atoms with Crippen LogP contribution in [0, 0.1) is 6.92 Å². The third-order valence-corrected chi connectivity index (χ3v) is 6.27. The smallest absolute Gasteiger partial charge is 0.296 e. The van der Waals surface area contributed by atoms with Crippen LogP contribution in [0.2, 0.25) is 0 Å². The number of hydrogen-bond acceptors (Lipinski definition) is 4. The van der Waals surface area contributed by atoms with Gasteiger partial charge in [0.05, 0.1) is 16.3 Å². The monoisotopic (exact) mass is 435 g/mol. The van der Waals surface area contributed by atoms with E-state index in [1.807, 2.05) is 48.5 Å². The highest BCUT2D eigenvalue weighted by Gasteiger charge is 2.22. The molecule has 0 saturated carbocycles. The van der Waals surface area contributed by atoms with E-state index in [0.29, 0.717) is 22.9 Å². The van der Waals surface area contributed by atoms with Gasteiger partial charge in [0.2, 0.25) is 0 Å². The summed E-state index contributed by atoms with van der Waals surface area (Å²) >= 11 is 0. The molecular formula is C23H21N3O4S. The molecule has 0 radical (unpaired) electrons. The maximum Gasteiger partial charge on any atom is 0.296 e. The normalized spacial score (nSPS) is 11.3. The number of anilines is 1. The first-order valence-electron chi connectivity index (χ1n) is 9.56. The number of benzene rings is 3. The van der Waals surface area contributed by atoms with Gasteiger partial charge in [-0.05, 0) is 55.5 Å². The first kappa shape index (κ1) is 20.5. The molecule has 4 aromatic rings. The molecular weight excluding hydrogens is 414 g/mol. The van der Waals surface area contributed by atoms with Crippen molar-refractivity contribution in [3.05, 3.63) is 101 Å². The average molecular weight is 436 g/mol. The summed E-state index contributed by atoms with van der Waals surface area (Å²) in [6, 6.07) is 24.3. The van der Waals surface area contributed by atoms with Gasteiger partial charge in [0.15, 0.2) is 0 Å². The number of para-hydroxylation sites is 2. The number of nitrogens with zero attached hydrogens (tertiary/aromatic N) is 2. The molecule has 0 aliphatic rings. The van der Waals surface area contributed by atoms with E-state index in [0.717, 1.165) is 0 Å². The summed E-state index contributed by atoms with van der Waals surface area (Å²) in [5, 5.41) is 0. The molecule has 158 valence electrons. The minimum atomic E-state index is -3.97. The number of rotatable bonds is 6. The second-order valence-corrected chi connectivity index (χ2v) is 8.61. The van der Waals surface area contributed by atoms with Crippen molar-refractivity contribution in [3.63, 3.8) is 0 Å². The Labute approximate surface area is 180 Å². The Hall–Kier alpha value is -3.78. The number of nitrogens with one attached hydrogen (secondary N) is 1. The highest BCUT2D eigenvalue weighted by Crippen LogP contribution is 2.24. The van der Waals surface area contributed by atoms with Gasteiger partial charge in [-0.2, -0.15) is 0 Å². The maximum atomic E-state index is 13.0. The van der Waals surface area contributed by atoms with Gasteiger partial charge in [0.25, 0.3) is 15.6 Å². The SMILES string of the molecule is Cc1c(NS(=O)(=O)c2ccc(Oc3ccccc3)cc2)c(=O)n(-c2ccccc2)n1C. The van der Waals surface area contributed by atoms with Crippen LogP contribution in [0.5, 0.6) is 11.5 Å². The molecule has 4 rings (SSSR count). The fraction of sp³-hybridized carbons (Fsp3) is 0.0870. The standard InChI is InChI=1S/C23H21N3O4S/c1-17-22(23(27)26(25(17)2)18-9-5-3-6-10-18)24-31(28,29)21-15-13-20(14-16-21)30-19-11-7-4-8-12-19/h3-16,24H,1-2H3. The molecule has 1 N–H and O–H groups in total. The molecule has 0 aliphatic heterocycles. The Morgan fingerprint density at radius 2 is 1.35 bits per heavy atom. The third kappa shape index (κ3) is 4.10. The first-order valence-corrected chi connectivity index (χ1v) is 11.0. The van der Waals surface area contributed by atoms with E-state index in [-0.39, 0.29) is 10.6 Å². The number of aromatic nitrogens is 2. The number of sulfonamides is 1. The minimum absolute atomic E-state index is 0.0102. The predicted octanol–water partition coefficient (Wildman–Crippen LogP) is 4.08. The van der Waals surface area contributed by atoms with Crippen LogP contribution in [0.25, 0.3) is 5.69 Å². The van der Waals surface area contributed by atoms with Crippen molar-refractivity contribution < 1.29 is 13.2 Å². The van der Waals surface area contributed by atoms with Crippen LogP contribution in [-0.2, 0) is 17.1 Å². The van der Waals surface area contributed by atoms with Crippen molar-refractivity contribution in [2.75, 3.05) is 4.72 Å². The van der Waals surface area contributed by atoms with E-state index in [1.165, 1.54) is 16.8 Å². The van der Waals surface area contributed by atoms with E-state index >= 15 is 0 Å². The Balaban J connectivity index is 1.62. The number of hydrogen-bond donors (Lipinski definition) is 1. The largest absolute Gasteiger partial charge is 0.457 e. The molecule has 1 aromatic heterocycles. The van der Waals surface area contributed by atoms with Gasteiger partial charge < -0.3 is 4.74 Å². The zero-order valence-electron chi connectivity index (χ0n) is 17.0. The molecule has 0 bridgehead atoms. The summed E-state index contributed by atoms with van der Waals surface area (Å²) in [6.45, 7) is 1.69. The van der Waals surface area contributed by atoms with Gasteiger partial charge in [0, 0.05) is 7.05 Å². The van der Waals surface area contributed by atoms with Gasteiger partial charge in [-0.1, -0.05) is 36.4 Å². The van der Waals surface area contributed by atoms with Crippen molar-refractivity contribution >= 4 is 15.7 Å². The van der Waals surface area contributed by atoms with Crippen molar-refractivity contribution in [2.45, 2.75) is 11.8 Å². The summed E-state index contributed by atoms with van der Waals surface area (Å²) < 4.78 is 37.0. The maximum absolute atomic E-state index is 13.0. The Kier molecular flexibility index (Phi) is 5.39. The molecule has 0 saturated heterocycles. The molecule has 0 atom stereocenters. The lowest BCUT2D eigenvalue weighted by molar-refractivity contribution is 0.482. The summed E-state index contributed by atoms with van der Waals surface area (Å²) in [6.07, 6.45) is 0. The van der Waals surface area contributed by atoms with Crippen molar-refractivity contribution in [3.8, 4) is 17.2 Å². The predicted molar refractivity (Wildman–Crippen MR) is 120 cm³/mol. The molecule has 3 aromatic carbocycles. The van der Waals surface area contributed by atoms with Gasteiger partial charge >= 0.3 is 0 Å². The second-order valence-electron chi connectivity index (χ2n) is 6.93. The molecule has 31 heavy (non-hydrogen) atoms. The first-order chi connectivity index (χ1) is 14.9. The Bertz CT molecular complexity index is 1360. The van der Waals surface area contributed by atoms with Crippen molar-refractivity contribution in [2.24, 2.45) is 7.05 Å². The molecule has 0 unspecified atom stereocenters. The summed E-state index contributed by atoms with van der Waals surface area (Å²) in [5.74, 6) is 1.16. The fourth-order valence-corrected chi connectivity index (χ4v) is 4.31. The summed E-state index contributed by atoms with van der Waals surface area (Å²) in [5.41, 5.74) is 0.710. The lowest BCUT2D eigenvalue weighted by Crippen LogP contribution is -2.23. The Morgan fingerprint density at radius 3 is 1.97 bits per heavy atom. The molecule has 8 heteroatoms. The van der Waals surface area contributed by atoms with Crippen molar-refractivity contribution in [1.29, 1.82) is 0 Å². The van der Waals surface area contributed by atoms with E-state index in [1.54, 1.807) is 42.9 Å². The molecule has 0 amide bonds. The van der Waals surface area contributed by atoms with Crippen LogP contribution < -0.4 is 15.0 Å². The molecule has 0 spiro atoms. The lowest BCUT2D eigenvalue weighted by atomic mass is 10.3. The van der Waals surface area contributed by atoms with Gasteiger partial charge in [-0.15, -0.1) is 0 Å². The molecule has 1 heterocycles. The quantitative estimate of drug-likeness (QED) is 0.495. The third-order valence-electron chi connectivity index (χ3n) is 4.90. The molecule has 0 fully saturated rings. The van der Waals surface area contributed by atoms with Gasteiger partial charge in [-0.25, -0.2) is 13.1 Å². The second kappa shape index (κ2) is 8.16. The zero-order chi connectivity index (χ0) is 22.0. The number of ether oxygens (including phenoxy) is 1. The van der Waals surface area contributed by atoms with Crippen LogP contribution in [0.15, 0.2) is 94.6 Å². The fourth-order valence-electron chi connectivity index (χ4n) is 3.19. The highest BCUT2D eigenvalue weighted by molar-refractivity contribution is 7.92. The highest BCUT2D eigenvalue weighted by atomic mass is 32.2. The summed E-state index contributed by atoms with van der Waals surface area (Å²) in [7, 11) is -2.26.